The molecule has 7 heteroatoms. The molecule has 0 saturated carbocycles. The highest BCUT2D eigenvalue weighted by Crippen LogP contribution is 2.35. The van der Waals surface area contributed by atoms with E-state index in [0.717, 1.165) is 18.2 Å². The molecule has 0 fully saturated rings. The van der Waals surface area contributed by atoms with E-state index in [9.17, 15) is 13.2 Å². The van der Waals surface area contributed by atoms with E-state index in [0.29, 0.717) is 18.0 Å². The summed E-state index contributed by atoms with van der Waals surface area (Å²) < 4.78 is 30.8. The number of ether oxygens (including phenoxy) is 1. The van der Waals surface area contributed by atoms with Crippen LogP contribution in [0.2, 0.25) is 0 Å². The van der Waals surface area contributed by atoms with Crippen LogP contribution in [-0.2, 0) is 14.8 Å². The summed E-state index contributed by atoms with van der Waals surface area (Å²) >= 11 is 0. The first-order chi connectivity index (χ1) is 9.82. The van der Waals surface area contributed by atoms with Gasteiger partial charge in [0.15, 0.2) is 6.10 Å². The predicted octanol–water partition coefficient (Wildman–Crippen LogP) is 1.05. The number of anilines is 1. The first-order valence-corrected chi connectivity index (χ1v) is 8.70. The standard InChI is InChI=1S/C14H20N2O4S/c1-4-7-15-14(17)13-9-16(21(3,18)19)11-8-10(2)5-6-12(11)20-13/h5-6,8,13H,4,7,9H2,1-3H3,(H,15,17). The zero-order valence-electron chi connectivity index (χ0n) is 12.4. The van der Waals surface area contributed by atoms with E-state index in [4.69, 9.17) is 4.74 Å². The maximum atomic E-state index is 12.0. The normalized spacial score (nSPS) is 17.9. The summed E-state index contributed by atoms with van der Waals surface area (Å²) in [7, 11) is -3.47. The summed E-state index contributed by atoms with van der Waals surface area (Å²) in [4.78, 5) is 12.0. The second-order valence-corrected chi connectivity index (χ2v) is 7.07. The number of carbonyl (C=O) groups excluding carboxylic acids is 1. The van der Waals surface area contributed by atoms with Crippen molar-refractivity contribution in [3.63, 3.8) is 0 Å². The number of nitrogens with zero attached hydrogens (tertiary/aromatic N) is 1. The number of hydrogen-bond acceptors (Lipinski definition) is 4. The van der Waals surface area contributed by atoms with Crippen molar-refractivity contribution in [3.8, 4) is 5.75 Å². The van der Waals surface area contributed by atoms with Gasteiger partial charge in [-0.25, -0.2) is 8.42 Å². The number of rotatable bonds is 4. The molecule has 6 nitrogen and oxygen atoms in total. The minimum absolute atomic E-state index is 0.00909. The number of carbonyl (C=O) groups is 1. The number of aryl methyl sites for hydroxylation is 1. The van der Waals surface area contributed by atoms with Crippen molar-refractivity contribution in [2.45, 2.75) is 26.4 Å². The Balaban J connectivity index is 2.34. The van der Waals surface area contributed by atoms with Crippen molar-refractivity contribution in [2.24, 2.45) is 0 Å². The molecule has 1 atom stereocenters. The van der Waals surface area contributed by atoms with Crippen LogP contribution in [0.1, 0.15) is 18.9 Å². The zero-order valence-corrected chi connectivity index (χ0v) is 13.2. The van der Waals surface area contributed by atoms with Crippen LogP contribution in [-0.4, -0.2) is 39.8 Å². The van der Waals surface area contributed by atoms with Gasteiger partial charge in [0.1, 0.15) is 5.75 Å². The molecule has 0 aromatic heterocycles. The first-order valence-electron chi connectivity index (χ1n) is 6.85. The van der Waals surface area contributed by atoms with Crippen LogP contribution in [0.3, 0.4) is 0 Å². The molecule has 1 aromatic carbocycles. The number of nitrogens with one attached hydrogen (secondary N) is 1. The molecular weight excluding hydrogens is 292 g/mol. The minimum atomic E-state index is -3.47. The molecule has 0 radical (unpaired) electrons. The van der Waals surface area contributed by atoms with Gasteiger partial charge in [0, 0.05) is 6.54 Å². The molecule has 1 aliphatic rings. The largest absolute Gasteiger partial charge is 0.476 e. The number of hydrogen-bond donors (Lipinski definition) is 1. The van der Waals surface area contributed by atoms with Crippen LogP contribution in [0, 0.1) is 6.92 Å². The van der Waals surface area contributed by atoms with Crippen LogP contribution in [0.25, 0.3) is 0 Å². The number of fused-ring (bicyclic) bond motifs is 1. The van der Waals surface area contributed by atoms with Crippen molar-refractivity contribution in [1.82, 2.24) is 5.32 Å². The third-order valence-corrected chi connectivity index (χ3v) is 4.37. The van der Waals surface area contributed by atoms with E-state index in [-0.39, 0.29) is 12.5 Å². The Morgan fingerprint density at radius 3 is 2.81 bits per heavy atom. The second-order valence-electron chi connectivity index (χ2n) is 5.16. The zero-order chi connectivity index (χ0) is 15.6. The fourth-order valence-electron chi connectivity index (χ4n) is 2.17. The molecular formula is C14H20N2O4S. The van der Waals surface area contributed by atoms with E-state index in [2.05, 4.69) is 5.32 Å². The minimum Gasteiger partial charge on any atom is -0.476 e. The lowest BCUT2D eigenvalue weighted by atomic mass is 10.1. The molecule has 1 unspecified atom stereocenters. The van der Waals surface area contributed by atoms with Gasteiger partial charge < -0.3 is 10.1 Å². The maximum absolute atomic E-state index is 12.0. The lowest BCUT2D eigenvalue weighted by Gasteiger charge is -2.34. The molecule has 1 heterocycles. The Morgan fingerprint density at radius 1 is 1.48 bits per heavy atom. The highest BCUT2D eigenvalue weighted by Gasteiger charge is 2.34. The van der Waals surface area contributed by atoms with Gasteiger partial charge in [-0.2, -0.15) is 0 Å². The topological polar surface area (TPSA) is 75.7 Å². The van der Waals surface area contributed by atoms with Crippen LogP contribution in [0.5, 0.6) is 5.75 Å². The molecule has 0 spiro atoms. The summed E-state index contributed by atoms with van der Waals surface area (Å²) in [6.07, 6.45) is 1.11. The van der Waals surface area contributed by atoms with Crippen molar-refractivity contribution in [3.05, 3.63) is 23.8 Å². The summed E-state index contributed by atoms with van der Waals surface area (Å²) in [6, 6.07) is 5.27. The van der Waals surface area contributed by atoms with Crippen molar-refractivity contribution in [2.75, 3.05) is 23.7 Å². The fourth-order valence-corrected chi connectivity index (χ4v) is 3.08. The van der Waals surface area contributed by atoms with E-state index < -0.39 is 16.1 Å². The van der Waals surface area contributed by atoms with Crippen molar-refractivity contribution >= 4 is 21.6 Å². The van der Waals surface area contributed by atoms with Gasteiger partial charge in [0.25, 0.3) is 5.91 Å². The van der Waals surface area contributed by atoms with Gasteiger partial charge >= 0.3 is 0 Å². The SMILES string of the molecule is CCCNC(=O)C1CN(S(C)(=O)=O)c2cc(C)ccc2O1. The maximum Gasteiger partial charge on any atom is 0.263 e. The summed E-state index contributed by atoms with van der Waals surface area (Å²) in [5.41, 5.74) is 1.41. The average Bonchev–Trinajstić information content (AvgIpc) is 2.42. The van der Waals surface area contributed by atoms with Gasteiger partial charge in [-0.3, -0.25) is 9.10 Å². The molecule has 2 rings (SSSR count). The second kappa shape index (κ2) is 5.93. The molecule has 1 N–H and O–H groups in total. The van der Waals surface area contributed by atoms with E-state index >= 15 is 0 Å². The molecule has 116 valence electrons. The van der Waals surface area contributed by atoms with E-state index in [1.54, 1.807) is 12.1 Å². The monoisotopic (exact) mass is 312 g/mol. The van der Waals surface area contributed by atoms with Crippen LogP contribution in [0.4, 0.5) is 5.69 Å². The number of amides is 1. The van der Waals surface area contributed by atoms with Gasteiger partial charge in [-0.05, 0) is 31.0 Å². The Bertz CT molecular complexity index is 642. The molecule has 0 bridgehead atoms. The average molecular weight is 312 g/mol. The van der Waals surface area contributed by atoms with Crippen LogP contribution in [0.15, 0.2) is 18.2 Å². The summed E-state index contributed by atoms with van der Waals surface area (Å²) in [6.45, 7) is 4.35. The van der Waals surface area contributed by atoms with Gasteiger partial charge in [0.2, 0.25) is 10.0 Å². The van der Waals surface area contributed by atoms with Gasteiger partial charge in [-0.15, -0.1) is 0 Å². The molecule has 1 aliphatic heterocycles. The fraction of sp³-hybridized carbons (Fsp3) is 0.500. The van der Waals surface area contributed by atoms with Crippen LogP contribution < -0.4 is 14.4 Å². The molecule has 1 aromatic rings. The van der Waals surface area contributed by atoms with Crippen LogP contribution >= 0.6 is 0 Å². The highest BCUT2D eigenvalue weighted by atomic mass is 32.2. The van der Waals surface area contributed by atoms with E-state index in [1.165, 1.54) is 4.31 Å². The predicted molar refractivity (Wildman–Crippen MR) is 81.1 cm³/mol. The first kappa shape index (κ1) is 15.6. The quantitative estimate of drug-likeness (QED) is 0.901. The summed E-state index contributed by atoms with van der Waals surface area (Å²) in [5.74, 6) is 0.116. The molecule has 0 saturated heterocycles. The lowest BCUT2D eigenvalue weighted by Crippen LogP contribution is -2.50. The van der Waals surface area contributed by atoms with Gasteiger partial charge in [-0.1, -0.05) is 13.0 Å². The Labute approximate surface area is 125 Å². The Hall–Kier alpha value is -1.76. The third kappa shape index (κ3) is 3.47. The number of benzene rings is 1. The van der Waals surface area contributed by atoms with E-state index in [1.807, 2.05) is 19.9 Å². The van der Waals surface area contributed by atoms with Gasteiger partial charge in [0.05, 0.1) is 18.5 Å². The molecule has 0 aliphatic carbocycles. The molecule has 21 heavy (non-hydrogen) atoms. The Morgan fingerprint density at radius 2 is 2.19 bits per heavy atom. The highest BCUT2D eigenvalue weighted by molar-refractivity contribution is 7.92. The van der Waals surface area contributed by atoms with Crippen molar-refractivity contribution < 1.29 is 17.9 Å². The number of sulfonamides is 1. The summed E-state index contributed by atoms with van der Waals surface area (Å²) in [5, 5.41) is 2.73. The smallest absolute Gasteiger partial charge is 0.263 e. The lowest BCUT2D eigenvalue weighted by molar-refractivity contribution is -0.127. The molecule has 1 amide bonds. The Kier molecular flexibility index (Phi) is 4.41. The van der Waals surface area contributed by atoms with Crippen molar-refractivity contribution in [1.29, 1.82) is 0 Å². The third-order valence-electron chi connectivity index (χ3n) is 3.23.